The quantitative estimate of drug-likeness (QED) is 0.0901. The van der Waals surface area contributed by atoms with Gasteiger partial charge in [0.15, 0.2) is 12.1 Å². The van der Waals surface area contributed by atoms with E-state index in [-0.39, 0.29) is 56.5 Å². The van der Waals surface area contributed by atoms with Gasteiger partial charge in [-0.3, -0.25) is 19.2 Å². The predicted molar refractivity (Wildman–Crippen MR) is 294 cm³/mol. The van der Waals surface area contributed by atoms with Crippen LogP contribution in [0.15, 0.2) is 121 Å². The summed E-state index contributed by atoms with van der Waals surface area (Å²) >= 11 is 0. The van der Waals surface area contributed by atoms with Crippen molar-refractivity contribution in [3.8, 4) is 0 Å². The second kappa shape index (κ2) is 35.5. The van der Waals surface area contributed by atoms with Gasteiger partial charge in [-0.1, -0.05) is 98.9 Å². The van der Waals surface area contributed by atoms with E-state index in [1.54, 1.807) is 130 Å². The van der Waals surface area contributed by atoms with Crippen molar-refractivity contribution in [2.75, 3.05) is 12.4 Å². The van der Waals surface area contributed by atoms with Crippen LogP contribution in [0.5, 0.6) is 0 Å². The summed E-state index contributed by atoms with van der Waals surface area (Å²) in [6, 6.07) is 6.02. The zero-order valence-corrected chi connectivity index (χ0v) is 45.5. The summed E-state index contributed by atoms with van der Waals surface area (Å²) in [7, 11) is 1.77. The van der Waals surface area contributed by atoms with Crippen molar-refractivity contribution in [2.45, 2.75) is 190 Å². The first-order chi connectivity index (χ1) is 37.0. The minimum atomic E-state index is -1.51. The average molecular weight is 1100 g/mol. The van der Waals surface area contributed by atoms with Crippen LogP contribution >= 0.6 is 0 Å². The maximum Gasteiger partial charge on any atom is 0.313 e. The molecule has 78 heavy (non-hydrogen) atoms. The number of ether oxygens (including phenoxy) is 3. The van der Waals surface area contributed by atoms with E-state index in [0.717, 1.165) is 5.69 Å². The highest BCUT2D eigenvalue weighted by Gasteiger charge is 2.42. The number of carbonyl (C=O) groups is 4. The Morgan fingerprint density at radius 3 is 1.76 bits per heavy atom. The highest BCUT2D eigenvalue weighted by atomic mass is 16.7. The lowest BCUT2D eigenvalue weighted by Gasteiger charge is -2.41. The summed E-state index contributed by atoms with van der Waals surface area (Å²) < 4.78 is 17.6. The lowest BCUT2D eigenvalue weighted by Crippen LogP contribution is -2.61. The van der Waals surface area contributed by atoms with Gasteiger partial charge in [0.05, 0.1) is 79.9 Å². The molecule has 2 aliphatic rings. The monoisotopic (exact) mass is 1090 g/mol. The van der Waals surface area contributed by atoms with E-state index in [9.17, 15) is 70.2 Å². The normalized spacial score (nSPS) is 35.6. The van der Waals surface area contributed by atoms with Crippen LogP contribution in [0, 0.1) is 11.8 Å². The topological polar surface area (TPSA) is 336 Å². The molecule has 0 bridgehead atoms. The molecule has 0 radical (unpaired) electrons. The van der Waals surface area contributed by atoms with Gasteiger partial charge < -0.3 is 76.3 Å². The number of Topliss-reactive ketones (excluding diaryl/α,β-unsaturated/α-hetero) is 3. The molecule has 0 spiro atoms. The number of hydrogen-bond acceptors (Lipinski definition) is 19. The second-order valence-electron chi connectivity index (χ2n) is 20.5. The van der Waals surface area contributed by atoms with Crippen LogP contribution in [0.3, 0.4) is 0 Å². The van der Waals surface area contributed by atoms with Crippen molar-refractivity contribution < 1.29 is 84.5 Å². The fourth-order valence-electron chi connectivity index (χ4n) is 8.85. The molecule has 2 aliphatic heterocycles. The van der Waals surface area contributed by atoms with Gasteiger partial charge in [0.25, 0.3) is 0 Å². The third-order valence-electron chi connectivity index (χ3n) is 13.6. The summed E-state index contributed by atoms with van der Waals surface area (Å²) in [5.74, 6) is -3.43. The van der Waals surface area contributed by atoms with E-state index in [2.05, 4.69) is 5.32 Å². The van der Waals surface area contributed by atoms with Crippen molar-refractivity contribution in [2.24, 2.45) is 17.6 Å². The number of aliphatic hydroxyl groups excluding tert-OH is 10. The number of cyclic esters (lactones) is 1. The van der Waals surface area contributed by atoms with Crippen LogP contribution in [0.25, 0.3) is 0 Å². The molecule has 3 rings (SSSR count). The van der Waals surface area contributed by atoms with Gasteiger partial charge in [-0.05, 0) is 82.2 Å². The standard InChI is InChI=1S/C59H86N2O17/c1-36-18-16-14-12-10-8-6-7-9-11-13-15-17-19-50(77-59-57(75)56(74)55(60)39(4)76-59)35-52(71)38(3)51(70)33-48(68)30-46(66)28-44(64)26-43(63)27-45(65)29-47(67)31-49(69)34-54(73)78-58(36)37(2)20-25-42(62)32-53(72)40-21-23-41(61-5)24-22-40/h6-19,21-24,37-39,42-45,47,49-52,55-57,59,61-65,67,69-71,74-75H,20,25-35,60H2,1-5H3/b7-6+,10-8+,11-9+,14-12+,15-13+,18-16+,19-17+,58-36-/t37?,38?,39-,42?,43?,44?,45?,47?,49?,50?,51?,52?,55-,56+,57+,59?/m1/s1. The Bertz CT molecular complexity index is 2260. The summed E-state index contributed by atoms with van der Waals surface area (Å²) in [5.41, 5.74) is 7.83. The average Bonchev–Trinajstić information content (AvgIpc) is 3.38. The van der Waals surface area contributed by atoms with Crippen LogP contribution in [0.4, 0.5) is 5.69 Å². The Balaban J connectivity index is 1.82. The number of esters is 1. The Morgan fingerprint density at radius 2 is 1.19 bits per heavy atom. The van der Waals surface area contributed by atoms with Gasteiger partial charge in [0, 0.05) is 55.8 Å². The number of benzene rings is 1. The first-order valence-electron chi connectivity index (χ1n) is 26.8. The fraction of sp³-hybridized carbons (Fsp3) is 0.559. The molecule has 13 N–H and O–H groups in total. The van der Waals surface area contributed by atoms with Crippen molar-refractivity contribution >= 4 is 29.0 Å². The van der Waals surface area contributed by atoms with Gasteiger partial charge >= 0.3 is 5.97 Å². The zero-order valence-electron chi connectivity index (χ0n) is 45.5. The van der Waals surface area contributed by atoms with E-state index >= 15 is 0 Å². The van der Waals surface area contributed by atoms with Crippen LogP contribution in [-0.2, 0) is 28.6 Å². The van der Waals surface area contributed by atoms with Gasteiger partial charge in [-0.15, -0.1) is 0 Å². The maximum absolute atomic E-state index is 13.3. The summed E-state index contributed by atoms with van der Waals surface area (Å²) in [6.07, 6.45) is 4.93. The molecule has 16 atom stereocenters. The lowest BCUT2D eigenvalue weighted by atomic mass is 9.89. The number of rotatable bonds is 10. The number of aliphatic hydroxyl groups is 10. The molecule has 1 fully saturated rings. The molecular formula is C59H86N2O17. The van der Waals surface area contributed by atoms with Gasteiger partial charge in [-0.25, -0.2) is 0 Å². The molecular weight excluding hydrogens is 1010 g/mol. The molecule has 12 unspecified atom stereocenters. The Hall–Kier alpha value is -5.10. The van der Waals surface area contributed by atoms with Crippen LogP contribution < -0.4 is 11.1 Å². The van der Waals surface area contributed by atoms with E-state index in [4.69, 9.17) is 19.9 Å². The molecule has 19 heteroatoms. The molecule has 0 aromatic heterocycles. The van der Waals surface area contributed by atoms with E-state index in [0.29, 0.717) is 17.6 Å². The van der Waals surface area contributed by atoms with Crippen molar-refractivity contribution in [1.29, 1.82) is 0 Å². The highest BCUT2D eigenvalue weighted by Crippen LogP contribution is 2.28. The lowest BCUT2D eigenvalue weighted by molar-refractivity contribution is -0.279. The Labute approximate surface area is 458 Å². The zero-order chi connectivity index (χ0) is 57.9. The molecule has 19 nitrogen and oxygen atoms in total. The molecule has 434 valence electrons. The van der Waals surface area contributed by atoms with Crippen LogP contribution in [0.1, 0.15) is 115 Å². The maximum atomic E-state index is 13.3. The Morgan fingerprint density at radius 1 is 0.679 bits per heavy atom. The summed E-state index contributed by atoms with van der Waals surface area (Å²) in [5, 5.41) is 110. The molecule has 1 saturated heterocycles. The number of allylic oxidation sites excluding steroid dienone is 15. The number of carbonyl (C=O) groups excluding carboxylic acids is 4. The van der Waals surface area contributed by atoms with Crippen molar-refractivity contribution in [1.82, 2.24) is 0 Å². The van der Waals surface area contributed by atoms with Crippen LogP contribution in [0.2, 0.25) is 0 Å². The first kappa shape index (κ1) is 67.2. The number of nitrogens with one attached hydrogen (secondary N) is 1. The van der Waals surface area contributed by atoms with Gasteiger partial charge in [-0.2, -0.15) is 0 Å². The number of anilines is 1. The molecule has 0 amide bonds. The third-order valence-corrected chi connectivity index (χ3v) is 13.6. The van der Waals surface area contributed by atoms with Crippen LogP contribution in [-0.4, -0.2) is 167 Å². The smallest absolute Gasteiger partial charge is 0.313 e. The predicted octanol–water partition coefficient (Wildman–Crippen LogP) is 3.79. The molecule has 1 aromatic carbocycles. The minimum Gasteiger partial charge on any atom is -0.430 e. The van der Waals surface area contributed by atoms with E-state index in [1.165, 1.54) is 6.92 Å². The molecule has 0 saturated carbocycles. The number of ketones is 3. The first-order valence-corrected chi connectivity index (χ1v) is 26.8. The van der Waals surface area contributed by atoms with Gasteiger partial charge in [0.2, 0.25) is 0 Å². The second-order valence-corrected chi connectivity index (χ2v) is 20.5. The largest absolute Gasteiger partial charge is 0.430 e. The van der Waals surface area contributed by atoms with Gasteiger partial charge in [0.1, 0.15) is 29.5 Å². The summed E-state index contributed by atoms with van der Waals surface area (Å²) in [4.78, 5) is 51.8. The minimum absolute atomic E-state index is 0.110. The third kappa shape index (κ3) is 25.3. The number of nitrogens with two attached hydrogens (primary N) is 1. The van der Waals surface area contributed by atoms with E-state index in [1.807, 2.05) is 6.92 Å². The Kier molecular flexibility index (Phi) is 30.6. The highest BCUT2D eigenvalue weighted by molar-refractivity contribution is 5.99. The summed E-state index contributed by atoms with van der Waals surface area (Å²) in [6.45, 7) is 6.67. The fourth-order valence-corrected chi connectivity index (χ4v) is 8.85. The number of hydrogen-bond donors (Lipinski definition) is 12. The molecule has 2 heterocycles. The molecule has 1 aromatic rings. The molecule has 0 aliphatic carbocycles. The van der Waals surface area contributed by atoms with E-state index < -0.39 is 141 Å². The van der Waals surface area contributed by atoms with Crippen molar-refractivity contribution in [3.63, 3.8) is 0 Å². The van der Waals surface area contributed by atoms with Crippen molar-refractivity contribution in [3.05, 3.63) is 126 Å². The SMILES string of the molecule is CNc1ccc(C(=O)CC(O)CCC(C)/C2=C(C)/C=C/C=C/C=C/C=C/C=C/C=C/C=C/C(OC3O[C@H](C)[C@@H](N)[C@H](O)[C@@H]3O)CC(O)C(C)C(O)CC(=O)CC(=O)CC(O)CC(O)CC(O)CC(O)CC(O)CC(=O)O2)cc1.